The van der Waals surface area contributed by atoms with Crippen LogP contribution in [0.4, 0.5) is 0 Å². The molecule has 0 radical (unpaired) electrons. The van der Waals surface area contributed by atoms with Crippen molar-refractivity contribution < 1.29 is 43.2 Å². The first-order valence-corrected chi connectivity index (χ1v) is 28.4. The Morgan fingerprint density at radius 1 is 0.571 bits per heavy atom. The van der Waals surface area contributed by atoms with Crippen LogP contribution in [-0.4, -0.2) is 195 Å². The standard InChI is InChI=1S/C60H94N8O9/c1-17-18-19-21-27-41(8)36-42(9)53(70)61(12)43(10)54(71)67-34-25-31-47(67)55(72)63(14)51(39(4)5)59(76)65(16)52(40(6)7)60(77)64(15)50(38(2)3)58(75)62(13)49(37-45-28-22-20-23-29-45)57(74)68-35-26-32-48(68)56(73)66-33-24-30-46(66)44(11)69/h1,20,22-23,28-29,38-43,46-52H,18-19,21,24-27,30-37H2,2-16H3. The van der Waals surface area contributed by atoms with Gasteiger partial charge in [0.15, 0.2) is 5.78 Å². The first-order valence-electron chi connectivity index (χ1n) is 28.4. The Kier molecular flexibility index (Phi) is 23.8. The Balaban J connectivity index is 1.54. The molecule has 0 spiro atoms. The zero-order valence-electron chi connectivity index (χ0n) is 49.3. The van der Waals surface area contributed by atoms with Crippen LogP contribution in [0.15, 0.2) is 30.3 Å². The molecule has 17 nitrogen and oxygen atoms in total. The highest BCUT2D eigenvalue weighted by Crippen LogP contribution is 2.30. The fourth-order valence-electron chi connectivity index (χ4n) is 12.2. The summed E-state index contributed by atoms with van der Waals surface area (Å²) in [5.41, 5.74) is 0.799. The molecule has 4 rings (SSSR count). The van der Waals surface area contributed by atoms with Crippen LogP contribution in [-0.2, 0) is 49.6 Å². The van der Waals surface area contributed by atoms with Crippen molar-refractivity contribution in [1.29, 1.82) is 0 Å². The number of likely N-dealkylation sites (tertiary alicyclic amines) is 3. The van der Waals surface area contributed by atoms with E-state index >= 15 is 9.59 Å². The number of benzene rings is 1. The summed E-state index contributed by atoms with van der Waals surface area (Å²) < 4.78 is 0. The lowest BCUT2D eigenvalue weighted by Gasteiger charge is -2.42. The van der Waals surface area contributed by atoms with Gasteiger partial charge in [-0.3, -0.25) is 43.2 Å². The number of ketones is 1. The normalized spacial score (nSPS) is 20.2. The number of terminal acetylenes is 1. The smallest absolute Gasteiger partial charge is 0.246 e. The van der Waals surface area contributed by atoms with Crippen molar-refractivity contribution in [3.05, 3.63) is 35.9 Å². The van der Waals surface area contributed by atoms with Crippen molar-refractivity contribution in [2.75, 3.05) is 54.9 Å². The number of carbonyl (C=O) groups is 9. The van der Waals surface area contributed by atoms with Crippen molar-refractivity contribution in [2.24, 2.45) is 29.6 Å². The average Bonchev–Trinajstić information content (AvgIpc) is 4.21. The quantitative estimate of drug-likeness (QED) is 0.0869. The van der Waals surface area contributed by atoms with Crippen molar-refractivity contribution in [3.8, 4) is 12.3 Å². The highest BCUT2D eigenvalue weighted by Gasteiger charge is 2.48. The number of likely N-dealkylation sites (N-methyl/N-ethyl adjacent to an activating group) is 5. The molecule has 17 heteroatoms. The zero-order chi connectivity index (χ0) is 57.7. The summed E-state index contributed by atoms with van der Waals surface area (Å²) in [6.45, 7) is 19.2. The van der Waals surface area contributed by atoms with E-state index in [9.17, 15) is 33.6 Å². The Bertz CT molecular complexity index is 2280. The molecular formula is C60H94N8O9. The third-order valence-electron chi connectivity index (χ3n) is 16.7. The van der Waals surface area contributed by atoms with Gasteiger partial charge in [-0.1, -0.05) is 98.6 Å². The Hall–Kier alpha value is -5.79. The summed E-state index contributed by atoms with van der Waals surface area (Å²) in [7, 11) is 7.82. The third kappa shape index (κ3) is 15.3. The fourth-order valence-corrected chi connectivity index (χ4v) is 12.2. The van der Waals surface area contributed by atoms with Crippen LogP contribution in [0.3, 0.4) is 0 Å². The van der Waals surface area contributed by atoms with Gasteiger partial charge < -0.3 is 39.2 Å². The molecule has 10 atom stereocenters. The Morgan fingerprint density at radius 2 is 1.04 bits per heavy atom. The summed E-state index contributed by atoms with van der Waals surface area (Å²) in [6.07, 6.45) is 13.1. The summed E-state index contributed by atoms with van der Waals surface area (Å²) in [6, 6.07) is 2.11. The zero-order valence-corrected chi connectivity index (χ0v) is 49.3. The van der Waals surface area contributed by atoms with Gasteiger partial charge in [-0.2, -0.15) is 0 Å². The molecule has 3 heterocycles. The molecule has 3 saturated heterocycles. The van der Waals surface area contributed by atoms with Gasteiger partial charge >= 0.3 is 0 Å². The molecule has 0 N–H and O–H groups in total. The van der Waals surface area contributed by atoms with Crippen molar-refractivity contribution >= 4 is 53.0 Å². The van der Waals surface area contributed by atoms with Gasteiger partial charge in [0.25, 0.3) is 0 Å². The second-order valence-corrected chi connectivity index (χ2v) is 23.6. The largest absolute Gasteiger partial charge is 0.334 e. The van der Waals surface area contributed by atoms with E-state index in [2.05, 4.69) is 12.8 Å². The summed E-state index contributed by atoms with van der Waals surface area (Å²) >= 11 is 0. The van der Waals surface area contributed by atoms with Crippen LogP contribution in [0.1, 0.15) is 145 Å². The van der Waals surface area contributed by atoms with E-state index in [1.165, 1.54) is 50.4 Å². The molecule has 1 aromatic rings. The highest BCUT2D eigenvalue weighted by molar-refractivity contribution is 5.98. The predicted molar refractivity (Wildman–Crippen MR) is 298 cm³/mol. The van der Waals surface area contributed by atoms with Gasteiger partial charge in [-0.05, 0) is 94.4 Å². The van der Waals surface area contributed by atoms with E-state index in [0.717, 1.165) is 31.2 Å². The van der Waals surface area contributed by atoms with E-state index in [1.807, 2.05) is 78.8 Å². The van der Waals surface area contributed by atoms with Gasteiger partial charge in [-0.15, -0.1) is 12.3 Å². The number of unbranched alkanes of at least 4 members (excludes halogenated alkanes) is 2. The number of nitrogens with zero attached hydrogens (tertiary/aromatic N) is 8. The topological polar surface area (TPSA) is 180 Å². The number of amides is 8. The number of Topliss-reactive ketones (excluding diaryl/α,β-unsaturated/α-hetero) is 1. The average molecular weight is 1070 g/mol. The monoisotopic (exact) mass is 1070 g/mol. The maximum absolute atomic E-state index is 15.1. The van der Waals surface area contributed by atoms with Gasteiger partial charge in [0, 0.05) is 73.6 Å². The minimum atomic E-state index is -1.07. The van der Waals surface area contributed by atoms with Crippen molar-refractivity contribution in [1.82, 2.24) is 39.2 Å². The molecule has 3 aliphatic rings. The molecule has 1 aromatic carbocycles. The Labute approximate surface area is 461 Å². The van der Waals surface area contributed by atoms with Gasteiger partial charge in [0.1, 0.15) is 42.3 Å². The highest BCUT2D eigenvalue weighted by atomic mass is 16.2. The molecule has 8 amide bonds. The molecule has 0 aromatic heterocycles. The number of hydrogen-bond acceptors (Lipinski definition) is 9. The maximum atomic E-state index is 15.1. The lowest BCUT2D eigenvalue weighted by atomic mass is 9.91. The molecule has 428 valence electrons. The summed E-state index contributed by atoms with van der Waals surface area (Å²) in [5, 5.41) is 0. The van der Waals surface area contributed by atoms with Crippen LogP contribution >= 0.6 is 0 Å². The van der Waals surface area contributed by atoms with Gasteiger partial charge in [0.05, 0.1) is 6.04 Å². The summed E-state index contributed by atoms with van der Waals surface area (Å²) in [4.78, 5) is 141. The first kappa shape index (κ1) is 63.7. The molecule has 3 fully saturated rings. The number of carbonyl (C=O) groups excluding carboxylic acids is 9. The second kappa shape index (κ2) is 28.7. The Morgan fingerprint density at radius 3 is 1.55 bits per heavy atom. The van der Waals surface area contributed by atoms with Crippen LogP contribution in [0.5, 0.6) is 0 Å². The minimum Gasteiger partial charge on any atom is -0.334 e. The van der Waals surface area contributed by atoms with Crippen LogP contribution in [0.25, 0.3) is 0 Å². The molecule has 77 heavy (non-hydrogen) atoms. The molecular weight excluding hydrogens is 977 g/mol. The second-order valence-electron chi connectivity index (χ2n) is 23.6. The van der Waals surface area contributed by atoms with Gasteiger partial charge in [-0.25, -0.2) is 0 Å². The SMILES string of the molecule is C#CCCCCC(C)CC(C)C(=O)N(C)C(C)C(=O)N1CCCC1C(=O)N(C)C(C(=O)N(C)C(C(=O)N(C)C(C(=O)N(C)C(Cc1ccccc1)C(=O)N1CCCC1C(=O)N1CCCC1C(C)=O)C(C)C)C(C)C)C(C)C. The predicted octanol–water partition coefficient (Wildman–Crippen LogP) is 5.77. The molecule has 10 unspecified atom stereocenters. The maximum Gasteiger partial charge on any atom is 0.246 e. The van der Waals surface area contributed by atoms with E-state index in [-0.39, 0.29) is 35.8 Å². The van der Waals surface area contributed by atoms with Crippen molar-refractivity contribution in [2.45, 2.75) is 195 Å². The fraction of sp³-hybridized carbons (Fsp3) is 0.717. The minimum absolute atomic E-state index is 0.0875. The summed E-state index contributed by atoms with van der Waals surface area (Å²) in [5.74, 6) is -1.75. The third-order valence-corrected chi connectivity index (χ3v) is 16.7. The van der Waals surface area contributed by atoms with E-state index in [0.29, 0.717) is 70.5 Å². The number of rotatable bonds is 25. The molecule has 3 aliphatic heterocycles. The lowest BCUT2D eigenvalue weighted by Crippen LogP contribution is -2.62. The van der Waals surface area contributed by atoms with E-state index in [4.69, 9.17) is 6.42 Å². The van der Waals surface area contributed by atoms with Crippen molar-refractivity contribution in [3.63, 3.8) is 0 Å². The van der Waals surface area contributed by atoms with Crippen LogP contribution < -0.4 is 0 Å². The molecule has 0 aliphatic carbocycles. The molecule has 0 bridgehead atoms. The van der Waals surface area contributed by atoms with E-state index in [1.54, 1.807) is 37.9 Å². The van der Waals surface area contributed by atoms with E-state index < -0.39 is 95.6 Å². The van der Waals surface area contributed by atoms with Gasteiger partial charge in [0.2, 0.25) is 47.3 Å². The number of hydrogen-bond donors (Lipinski definition) is 0. The van der Waals surface area contributed by atoms with Crippen LogP contribution in [0, 0.1) is 41.9 Å². The lowest BCUT2D eigenvalue weighted by molar-refractivity contribution is -0.159. The molecule has 0 saturated carbocycles. The van der Waals surface area contributed by atoms with Crippen LogP contribution in [0.2, 0.25) is 0 Å². The first-order chi connectivity index (χ1) is 36.2.